The molecule has 4 heteroatoms. The van der Waals surface area contributed by atoms with Crippen molar-refractivity contribution in [2.24, 2.45) is 0 Å². The molecule has 0 unspecified atom stereocenters. The molecular weight excluding hydrogens is 230 g/mol. The number of ether oxygens (including phenoxy) is 2. The van der Waals surface area contributed by atoms with Crippen LogP contribution in [0.15, 0.2) is 30.3 Å². The summed E-state index contributed by atoms with van der Waals surface area (Å²) in [5.74, 6) is -0.224. The smallest absolute Gasteiger partial charge is 0.325 e. The summed E-state index contributed by atoms with van der Waals surface area (Å²) in [4.78, 5) is 14.0. The molecule has 1 aliphatic heterocycles. The largest absolute Gasteiger partial charge is 0.468 e. The monoisotopic (exact) mass is 249 g/mol. The molecule has 0 saturated carbocycles. The summed E-state index contributed by atoms with van der Waals surface area (Å²) < 4.78 is 10.4. The standard InChI is InChI=1S/C14H19NO3/c1-11-13(14(16)17-2)15(8-9-18-11)10-12-6-4-3-5-7-12/h3-7,11,13H,8-10H2,1-2H3/t11-,13-/m0/s1. The summed E-state index contributed by atoms with van der Waals surface area (Å²) in [7, 11) is 1.42. The van der Waals surface area contributed by atoms with Gasteiger partial charge in [-0.15, -0.1) is 0 Å². The summed E-state index contributed by atoms with van der Waals surface area (Å²) in [5, 5.41) is 0. The molecule has 0 amide bonds. The van der Waals surface area contributed by atoms with Crippen LogP contribution >= 0.6 is 0 Å². The highest BCUT2D eigenvalue weighted by molar-refractivity contribution is 5.76. The molecule has 1 saturated heterocycles. The molecule has 18 heavy (non-hydrogen) atoms. The van der Waals surface area contributed by atoms with Crippen LogP contribution in [0.2, 0.25) is 0 Å². The highest BCUT2D eigenvalue weighted by Crippen LogP contribution is 2.18. The van der Waals surface area contributed by atoms with Crippen LogP contribution in [-0.2, 0) is 20.8 Å². The molecular formula is C14H19NO3. The average molecular weight is 249 g/mol. The Kier molecular flexibility index (Phi) is 4.33. The molecule has 0 N–H and O–H groups in total. The Bertz CT molecular complexity index is 393. The number of hydrogen-bond acceptors (Lipinski definition) is 4. The van der Waals surface area contributed by atoms with Crippen molar-refractivity contribution in [1.82, 2.24) is 4.90 Å². The number of methoxy groups -OCH3 is 1. The van der Waals surface area contributed by atoms with E-state index in [4.69, 9.17) is 9.47 Å². The number of morpholine rings is 1. The van der Waals surface area contributed by atoms with Gasteiger partial charge in [0.05, 0.1) is 19.8 Å². The molecule has 0 radical (unpaired) electrons. The minimum atomic E-state index is -0.316. The van der Waals surface area contributed by atoms with Gasteiger partial charge in [0.1, 0.15) is 6.04 Å². The van der Waals surface area contributed by atoms with Crippen LogP contribution in [0.25, 0.3) is 0 Å². The van der Waals surface area contributed by atoms with Crippen molar-refractivity contribution in [2.75, 3.05) is 20.3 Å². The van der Waals surface area contributed by atoms with Crippen LogP contribution in [0.1, 0.15) is 12.5 Å². The van der Waals surface area contributed by atoms with Gasteiger partial charge in [-0.2, -0.15) is 0 Å². The third-order valence-electron chi connectivity index (χ3n) is 3.27. The zero-order valence-corrected chi connectivity index (χ0v) is 10.8. The fourth-order valence-electron chi connectivity index (χ4n) is 2.34. The van der Waals surface area contributed by atoms with E-state index in [2.05, 4.69) is 17.0 Å². The molecule has 1 aliphatic rings. The van der Waals surface area contributed by atoms with Gasteiger partial charge < -0.3 is 9.47 Å². The van der Waals surface area contributed by atoms with Gasteiger partial charge in [-0.05, 0) is 12.5 Å². The Hall–Kier alpha value is -1.39. The zero-order valence-electron chi connectivity index (χ0n) is 10.8. The van der Waals surface area contributed by atoms with Crippen LogP contribution in [0.5, 0.6) is 0 Å². The van der Waals surface area contributed by atoms with Gasteiger partial charge in [0.25, 0.3) is 0 Å². The molecule has 2 rings (SSSR count). The van der Waals surface area contributed by atoms with Crippen molar-refractivity contribution in [3.63, 3.8) is 0 Å². The minimum Gasteiger partial charge on any atom is -0.468 e. The number of hydrogen-bond donors (Lipinski definition) is 0. The van der Waals surface area contributed by atoms with Gasteiger partial charge in [-0.3, -0.25) is 9.69 Å². The summed E-state index contributed by atoms with van der Waals surface area (Å²) in [6.45, 7) is 4.06. The second-order valence-corrected chi connectivity index (χ2v) is 4.50. The van der Waals surface area contributed by atoms with Crippen LogP contribution in [0.3, 0.4) is 0 Å². The van der Waals surface area contributed by atoms with E-state index in [1.54, 1.807) is 0 Å². The van der Waals surface area contributed by atoms with Gasteiger partial charge in [0.15, 0.2) is 0 Å². The molecule has 98 valence electrons. The molecule has 2 atom stereocenters. The molecule has 0 bridgehead atoms. The van der Waals surface area contributed by atoms with Crippen LogP contribution < -0.4 is 0 Å². The molecule has 1 aromatic carbocycles. The summed E-state index contributed by atoms with van der Waals surface area (Å²) in [6.07, 6.45) is -0.130. The summed E-state index contributed by atoms with van der Waals surface area (Å²) >= 11 is 0. The van der Waals surface area contributed by atoms with E-state index >= 15 is 0 Å². The van der Waals surface area contributed by atoms with Crippen molar-refractivity contribution in [1.29, 1.82) is 0 Å². The highest BCUT2D eigenvalue weighted by Gasteiger charge is 2.35. The van der Waals surface area contributed by atoms with E-state index in [9.17, 15) is 4.79 Å². The Morgan fingerprint density at radius 1 is 1.44 bits per heavy atom. The average Bonchev–Trinajstić information content (AvgIpc) is 2.39. The maximum atomic E-state index is 11.8. The molecule has 0 aromatic heterocycles. The lowest BCUT2D eigenvalue weighted by Gasteiger charge is -2.37. The van der Waals surface area contributed by atoms with E-state index in [0.717, 1.165) is 13.1 Å². The Morgan fingerprint density at radius 3 is 2.83 bits per heavy atom. The third kappa shape index (κ3) is 2.89. The quantitative estimate of drug-likeness (QED) is 0.760. The first-order valence-electron chi connectivity index (χ1n) is 6.20. The minimum absolute atomic E-state index is 0.130. The van der Waals surface area contributed by atoms with E-state index in [1.165, 1.54) is 12.7 Å². The highest BCUT2D eigenvalue weighted by atomic mass is 16.5. The fourth-order valence-corrected chi connectivity index (χ4v) is 2.34. The first kappa shape index (κ1) is 13.1. The van der Waals surface area contributed by atoms with Gasteiger partial charge in [-0.25, -0.2) is 0 Å². The lowest BCUT2D eigenvalue weighted by Crippen LogP contribution is -2.54. The second kappa shape index (κ2) is 5.98. The van der Waals surface area contributed by atoms with Crippen molar-refractivity contribution in [3.05, 3.63) is 35.9 Å². The number of carbonyl (C=O) groups excluding carboxylic acids is 1. The van der Waals surface area contributed by atoms with Crippen molar-refractivity contribution < 1.29 is 14.3 Å². The number of nitrogens with zero attached hydrogens (tertiary/aromatic N) is 1. The lowest BCUT2D eigenvalue weighted by atomic mass is 10.1. The predicted molar refractivity (Wildman–Crippen MR) is 68.1 cm³/mol. The van der Waals surface area contributed by atoms with Crippen LogP contribution in [0.4, 0.5) is 0 Å². The van der Waals surface area contributed by atoms with Crippen molar-refractivity contribution in [2.45, 2.75) is 25.6 Å². The number of esters is 1. The first-order chi connectivity index (χ1) is 8.72. The molecule has 4 nitrogen and oxygen atoms in total. The zero-order chi connectivity index (χ0) is 13.0. The molecule has 1 heterocycles. The van der Waals surface area contributed by atoms with Crippen molar-refractivity contribution in [3.8, 4) is 0 Å². The number of benzene rings is 1. The van der Waals surface area contributed by atoms with Gasteiger partial charge in [-0.1, -0.05) is 30.3 Å². The van der Waals surface area contributed by atoms with Gasteiger partial charge in [0, 0.05) is 13.1 Å². The summed E-state index contributed by atoms with van der Waals surface area (Å²) in [5.41, 5.74) is 1.19. The molecule has 1 fully saturated rings. The van der Waals surface area contributed by atoms with E-state index in [0.29, 0.717) is 6.61 Å². The maximum Gasteiger partial charge on any atom is 0.325 e. The van der Waals surface area contributed by atoms with Gasteiger partial charge in [0.2, 0.25) is 0 Å². The lowest BCUT2D eigenvalue weighted by molar-refractivity contribution is -0.160. The van der Waals surface area contributed by atoms with E-state index < -0.39 is 0 Å². The van der Waals surface area contributed by atoms with Crippen molar-refractivity contribution >= 4 is 5.97 Å². The Balaban J connectivity index is 2.11. The summed E-state index contributed by atoms with van der Waals surface area (Å²) in [6, 6.07) is 9.81. The topological polar surface area (TPSA) is 38.8 Å². The SMILES string of the molecule is COC(=O)[C@@H]1[C@H](C)OCCN1Cc1ccccc1. The Labute approximate surface area is 107 Å². The third-order valence-corrected chi connectivity index (χ3v) is 3.27. The van der Waals surface area contributed by atoms with Crippen LogP contribution in [0, 0.1) is 0 Å². The fraction of sp³-hybridized carbons (Fsp3) is 0.500. The van der Waals surface area contributed by atoms with E-state index in [-0.39, 0.29) is 18.1 Å². The maximum absolute atomic E-state index is 11.8. The normalized spacial score (nSPS) is 24.8. The van der Waals surface area contributed by atoms with Crippen LogP contribution in [-0.4, -0.2) is 43.3 Å². The number of carbonyl (C=O) groups is 1. The predicted octanol–water partition coefficient (Wildman–Crippen LogP) is 1.45. The van der Waals surface area contributed by atoms with Gasteiger partial charge >= 0.3 is 5.97 Å². The number of rotatable bonds is 3. The first-order valence-corrected chi connectivity index (χ1v) is 6.20. The molecule has 0 aliphatic carbocycles. The molecule has 0 spiro atoms. The molecule has 1 aromatic rings. The Morgan fingerprint density at radius 2 is 2.17 bits per heavy atom. The van der Waals surface area contributed by atoms with E-state index in [1.807, 2.05) is 25.1 Å². The second-order valence-electron chi connectivity index (χ2n) is 4.50.